The monoisotopic (exact) mass is 276 g/mol. The lowest BCUT2D eigenvalue weighted by molar-refractivity contribution is -0.134. The van der Waals surface area contributed by atoms with Crippen molar-refractivity contribution in [3.63, 3.8) is 0 Å². The molecule has 1 aliphatic heterocycles. The van der Waals surface area contributed by atoms with Crippen molar-refractivity contribution < 1.29 is 4.79 Å². The predicted molar refractivity (Wildman–Crippen MR) is 79.8 cm³/mol. The van der Waals surface area contributed by atoms with E-state index in [0.717, 1.165) is 49.9 Å². The molecule has 5 nitrogen and oxygen atoms in total. The Morgan fingerprint density at radius 1 is 1.15 bits per heavy atom. The summed E-state index contributed by atoms with van der Waals surface area (Å²) in [5.41, 5.74) is 0.992. The Morgan fingerprint density at radius 2 is 1.90 bits per heavy atom. The first-order valence-corrected chi connectivity index (χ1v) is 7.33. The van der Waals surface area contributed by atoms with Crippen LogP contribution in [-0.2, 0) is 4.79 Å². The highest BCUT2D eigenvalue weighted by atomic mass is 16.2. The summed E-state index contributed by atoms with van der Waals surface area (Å²) in [7, 11) is 0. The molecule has 0 aromatic carbocycles. The van der Waals surface area contributed by atoms with Crippen molar-refractivity contribution in [3.8, 4) is 0 Å². The highest BCUT2D eigenvalue weighted by Gasteiger charge is 2.21. The first-order chi connectivity index (χ1) is 9.47. The van der Waals surface area contributed by atoms with Gasteiger partial charge in [-0.05, 0) is 20.3 Å². The summed E-state index contributed by atoms with van der Waals surface area (Å²) in [5.74, 6) is 2.11. The molecule has 0 aliphatic carbocycles. The van der Waals surface area contributed by atoms with Crippen LogP contribution in [0.15, 0.2) is 6.07 Å². The Balaban J connectivity index is 2.07. The number of rotatable bonds is 2. The number of carbonyl (C=O) groups excluding carboxylic acids is 1. The van der Waals surface area contributed by atoms with Gasteiger partial charge in [0.25, 0.3) is 0 Å². The lowest BCUT2D eigenvalue weighted by Crippen LogP contribution is -2.37. The summed E-state index contributed by atoms with van der Waals surface area (Å²) in [5, 5.41) is 0. The number of hydrogen-bond donors (Lipinski definition) is 0. The fraction of sp³-hybridized carbons (Fsp3) is 0.667. The fourth-order valence-corrected chi connectivity index (χ4v) is 2.59. The van der Waals surface area contributed by atoms with Crippen LogP contribution >= 0.6 is 0 Å². The number of aryl methyl sites for hydroxylation is 2. The number of anilines is 1. The number of amides is 1. The van der Waals surface area contributed by atoms with Crippen molar-refractivity contribution in [2.75, 3.05) is 31.1 Å². The molecule has 0 unspecified atom stereocenters. The average Bonchev–Trinajstić information content (AvgIpc) is 2.62. The molecule has 0 saturated carbocycles. The van der Waals surface area contributed by atoms with Crippen LogP contribution in [0.25, 0.3) is 0 Å². The second-order valence-corrected chi connectivity index (χ2v) is 5.74. The minimum Gasteiger partial charge on any atom is -0.355 e. The standard InChI is InChI=1S/C15H24N4O/c1-11(2)15(20)19-7-5-6-18(8-9-19)14-10-12(3)16-13(4)17-14/h10-11H,5-9H2,1-4H3. The Bertz CT molecular complexity index is 467. The molecule has 110 valence electrons. The number of nitrogens with zero attached hydrogens (tertiary/aromatic N) is 4. The van der Waals surface area contributed by atoms with Gasteiger partial charge in [-0.2, -0.15) is 0 Å². The second-order valence-electron chi connectivity index (χ2n) is 5.74. The summed E-state index contributed by atoms with van der Waals surface area (Å²) in [6.45, 7) is 11.2. The largest absolute Gasteiger partial charge is 0.355 e. The normalized spacial score (nSPS) is 16.4. The summed E-state index contributed by atoms with van der Waals surface area (Å²) < 4.78 is 0. The first-order valence-electron chi connectivity index (χ1n) is 7.33. The lowest BCUT2D eigenvalue weighted by atomic mass is 10.2. The van der Waals surface area contributed by atoms with E-state index in [4.69, 9.17) is 0 Å². The van der Waals surface area contributed by atoms with Gasteiger partial charge in [0, 0.05) is 43.9 Å². The Labute approximate surface area is 121 Å². The van der Waals surface area contributed by atoms with E-state index in [9.17, 15) is 4.79 Å². The van der Waals surface area contributed by atoms with Crippen molar-refractivity contribution in [2.24, 2.45) is 5.92 Å². The minimum atomic E-state index is 0.0742. The van der Waals surface area contributed by atoms with Gasteiger partial charge in [0.1, 0.15) is 11.6 Å². The van der Waals surface area contributed by atoms with Gasteiger partial charge in [0.05, 0.1) is 0 Å². The van der Waals surface area contributed by atoms with E-state index in [2.05, 4.69) is 14.9 Å². The topological polar surface area (TPSA) is 49.3 Å². The van der Waals surface area contributed by atoms with Gasteiger partial charge in [-0.1, -0.05) is 13.8 Å². The number of hydrogen-bond acceptors (Lipinski definition) is 4. The second kappa shape index (κ2) is 6.20. The van der Waals surface area contributed by atoms with Crippen LogP contribution in [-0.4, -0.2) is 47.0 Å². The molecule has 1 amide bonds. The smallest absolute Gasteiger partial charge is 0.225 e. The third-order valence-electron chi connectivity index (χ3n) is 3.58. The maximum atomic E-state index is 12.1. The van der Waals surface area contributed by atoms with E-state index in [-0.39, 0.29) is 11.8 Å². The van der Waals surface area contributed by atoms with Crippen LogP contribution in [0.5, 0.6) is 0 Å². The molecule has 1 saturated heterocycles. The molecule has 0 spiro atoms. The van der Waals surface area contributed by atoms with E-state index < -0.39 is 0 Å². The Morgan fingerprint density at radius 3 is 2.55 bits per heavy atom. The molecule has 20 heavy (non-hydrogen) atoms. The Kier molecular flexibility index (Phi) is 4.57. The Hall–Kier alpha value is -1.65. The van der Waals surface area contributed by atoms with E-state index in [1.54, 1.807) is 0 Å². The quantitative estimate of drug-likeness (QED) is 0.826. The van der Waals surface area contributed by atoms with Gasteiger partial charge in [0.2, 0.25) is 5.91 Å². The van der Waals surface area contributed by atoms with Crippen molar-refractivity contribution in [1.29, 1.82) is 0 Å². The molecule has 0 radical (unpaired) electrons. The predicted octanol–water partition coefficient (Wildman–Crippen LogP) is 1.79. The average molecular weight is 276 g/mol. The molecule has 1 aliphatic rings. The lowest BCUT2D eigenvalue weighted by Gasteiger charge is -2.24. The van der Waals surface area contributed by atoms with Crippen molar-refractivity contribution >= 4 is 11.7 Å². The van der Waals surface area contributed by atoms with Crippen LogP contribution in [0.3, 0.4) is 0 Å². The summed E-state index contributed by atoms with van der Waals surface area (Å²) in [4.78, 5) is 25.2. The zero-order chi connectivity index (χ0) is 14.7. The SMILES string of the molecule is Cc1cc(N2CCCN(C(=O)C(C)C)CC2)nc(C)n1. The maximum Gasteiger partial charge on any atom is 0.225 e. The summed E-state index contributed by atoms with van der Waals surface area (Å²) in [6.07, 6.45) is 0.987. The van der Waals surface area contributed by atoms with Gasteiger partial charge in [-0.15, -0.1) is 0 Å². The molecule has 5 heteroatoms. The molecule has 0 bridgehead atoms. The minimum absolute atomic E-state index is 0.0742. The third kappa shape index (κ3) is 3.46. The van der Waals surface area contributed by atoms with E-state index in [0.29, 0.717) is 0 Å². The van der Waals surface area contributed by atoms with E-state index in [1.807, 2.05) is 38.7 Å². The van der Waals surface area contributed by atoms with Gasteiger partial charge in [-0.3, -0.25) is 4.79 Å². The van der Waals surface area contributed by atoms with Crippen LogP contribution in [0, 0.1) is 19.8 Å². The molecule has 2 rings (SSSR count). The molecule has 1 aromatic rings. The van der Waals surface area contributed by atoms with Crippen molar-refractivity contribution in [1.82, 2.24) is 14.9 Å². The first kappa shape index (κ1) is 14.8. The summed E-state index contributed by atoms with van der Waals surface area (Å²) >= 11 is 0. The molecular formula is C15H24N4O. The van der Waals surface area contributed by atoms with Gasteiger partial charge in [-0.25, -0.2) is 9.97 Å². The van der Waals surface area contributed by atoms with Crippen molar-refractivity contribution in [2.45, 2.75) is 34.1 Å². The van der Waals surface area contributed by atoms with Crippen LogP contribution in [0.2, 0.25) is 0 Å². The van der Waals surface area contributed by atoms with Gasteiger partial charge in [0.15, 0.2) is 0 Å². The highest BCUT2D eigenvalue weighted by molar-refractivity contribution is 5.78. The summed E-state index contributed by atoms with van der Waals surface area (Å²) in [6, 6.07) is 2.02. The number of carbonyl (C=O) groups is 1. The molecule has 0 N–H and O–H groups in total. The highest BCUT2D eigenvalue weighted by Crippen LogP contribution is 2.16. The van der Waals surface area contributed by atoms with Crippen LogP contribution < -0.4 is 4.90 Å². The van der Waals surface area contributed by atoms with Crippen molar-refractivity contribution in [3.05, 3.63) is 17.6 Å². The van der Waals surface area contributed by atoms with Crippen LogP contribution in [0.4, 0.5) is 5.82 Å². The zero-order valence-electron chi connectivity index (χ0n) is 12.9. The number of aromatic nitrogens is 2. The molecule has 1 aromatic heterocycles. The maximum absolute atomic E-state index is 12.1. The van der Waals surface area contributed by atoms with E-state index in [1.165, 1.54) is 0 Å². The molecule has 1 fully saturated rings. The van der Waals surface area contributed by atoms with Gasteiger partial charge < -0.3 is 9.80 Å². The molecular weight excluding hydrogens is 252 g/mol. The fourth-order valence-electron chi connectivity index (χ4n) is 2.59. The third-order valence-corrected chi connectivity index (χ3v) is 3.58. The van der Waals surface area contributed by atoms with Gasteiger partial charge >= 0.3 is 0 Å². The zero-order valence-corrected chi connectivity index (χ0v) is 12.9. The molecule has 2 heterocycles. The molecule has 0 atom stereocenters. The van der Waals surface area contributed by atoms with E-state index >= 15 is 0 Å². The van der Waals surface area contributed by atoms with Crippen LogP contribution in [0.1, 0.15) is 31.8 Å².